The van der Waals surface area contributed by atoms with Crippen LogP contribution >= 0.6 is 11.3 Å². The number of hydrogen-bond acceptors (Lipinski definition) is 4. The molecule has 122 valence electrons. The molecule has 1 amide bonds. The average molecular weight is 350 g/mol. The molecule has 0 fully saturated rings. The zero-order valence-electron chi connectivity index (χ0n) is 12.5. The number of nitrogens with two attached hydrogens (primary N) is 1. The summed E-state index contributed by atoms with van der Waals surface area (Å²) >= 11 is 1.57. The van der Waals surface area contributed by atoms with Crippen LogP contribution in [-0.2, 0) is 28.6 Å². The number of amides is 1. The molecule has 0 radical (unpaired) electrons. The smallest absolute Gasteiger partial charge is 0.265 e. The summed E-state index contributed by atoms with van der Waals surface area (Å²) in [5.74, 6) is -0.331. The fourth-order valence-corrected chi connectivity index (χ4v) is 4.52. The van der Waals surface area contributed by atoms with Crippen LogP contribution < -0.4 is 10.5 Å². The monoisotopic (exact) mass is 350 g/mol. The van der Waals surface area contributed by atoms with Gasteiger partial charge >= 0.3 is 0 Å². The molecule has 23 heavy (non-hydrogen) atoms. The van der Waals surface area contributed by atoms with Crippen LogP contribution in [0.15, 0.2) is 30.3 Å². The molecule has 2 aromatic rings. The minimum atomic E-state index is -3.54. The van der Waals surface area contributed by atoms with Gasteiger partial charge in [-0.3, -0.25) is 4.79 Å². The number of nitrogens with one attached hydrogen (secondary N) is 1. The average Bonchev–Trinajstić information content (AvgIpc) is 2.92. The van der Waals surface area contributed by atoms with Crippen molar-refractivity contribution in [3.63, 3.8) is 0 Å². The van der Waals surface area contributed by atoms with Crippen molar-refractivity contribution in [3.8, 4) is 0 Å². The molecule has 0 saturated carbocycles. The van der Waals surface area contributed by atoms with Gasteiger partial charge in [0, 0.05) is 10.6 Å². The fourth-order valence-electron chi connectivity index (χ4n) is 2.71. The summed E-state index contributed by atoms with van der Waals surface area (Å²) in [6, 6.07) is 8.67. The van der Waals surface area contributed by atoms with Crippen LogP contribution in [0.1, 0.15) is 38.5 Å². The second-order valence-electron chi connectivity index (χ2n) is 5.72. The van der Waals surface area contributed by atoms with Crippen molar-refractivity contribution < 1.29 is 13.2 Å². The minimum Gasteiger partial charge on any atom is -0.321 e. The maximum Gasteiger partial charge on any atom is 0.265 e. The molecule has 1 aromatic heterocycles. The highest BCUT2D eigenvalue weighted by Crippen LogP contribution is 2.30. The third kappa shape index (κ3) is 4.19. The lowest BCUT2D eigenvalue weighted by Crippen LogP contribution is -2.14. The molecule has 0 aliphatic heterocycles. The number of carbonyl (C=O) groups excluding carboxylic acids is 1. The Morgan fingerprint density at radius 2 is 1.87 bits per heavy atom. The number of anilines is 1. The van der Waals surface area contributed by atoms with Gasteiger partial charge in [0.05, 0.1) is 10.6 Å². The molecule has 0 unspecified atom stereocenters. The molecule has 0 saturated heterocycles. The predicted octanol–water partition coefficient (Wildman–Crippen LogP) is 2.67. The lowest BCUT2D eigenvalue weighted by atomic mass is 9.99. The molecule has 1 heterocycles. The first-order chi connectivity index (χ1) is 10.9. The molecule has 5 nitrogen and oxygen atoms in total. The Balaban J connectivity index is 1.69. The van der Waals surface area contributed by atoms with Gasteiger partial charge in [0.25, 0.3) is 5.91 Å². The lowest BCUT2D eigenvalue weighted by Gasteiger charge is -2.08. The largest absolute Gasteiger partial charge is 0.321 e. The highest BCUT2D eigenvalue weighted by atomic mass is 32.2. The van der Waals surface area contributed by atoms with Crippen LogP contribution in [0.25, 0.3) is 0 Å². The van der Waals surface area contributed by atoms with E-state index >= 15 is 0 Å². The number of benzene rings is 1. The quantitative estimate of drug-likeness (QED) is 0.888. The van der Waals surface area contributed by atoms with E-state index < -0.39 is 10.0 Å². The van der Waals surface area contributed by atoms with Crippen molar-refractivity contribution in [1.29, 1.82) is 0 Å². The van der Waals surface area contributed by atoms with Crippen molar-refractivity contribution in [3.05, 3.63) is 51.2 Å². The number of carbonyl (C=O) groups is 1. The highest BCUT2D eigenvalue weighted by Gasteiger charge is 2.17. The second-order valence-corrected chi connectivity index (χ2v) is 8.48. The van der Waals surface area contributed by atoms with Gasteiger partial charge in [0.15, 0.2) is 0 Å². The van der Waals surface area contributed by atoms with Crippen molar-refractivity contribution in [2.24, 2.45) is 5.14 Å². The molecule has 0 bridgehead atoms. The van der Waals surface area contributed by atoms with Crippen LogP contribution in [0.3, 0.4) is 0 Å². The van der Waals surface area contributed by atoms with Crippen LogP contribution in [0, 0.1) is 0 Å². The third-order valence-electron chi connectivity index (χ3n) is 3.80. The van der Waals surface area contributed by atoms with Gasteiger partial charge < -0.3 is 5.32 Å². The molecule has 1 aliphatic rings. The number of thiophene rings is 1. The van der Waals surface area contributed by atoms with E-state index in [0.717, 1.165) is 17.7 Å². The van der Waals surface area contributed by atoms with Crippen LogP contribution in [0.2, 0.25) is 0 Å². The Bertz CT molecular complexity index is 800. The predicted molar refractivity (Wildman–Crippen MR) is 92.2 cm³/mol. The maximum absolute atomic E-state index is 12.3. The molecule has 3 rings (SSSR count). The van der Waals surface area contributed by atoms with E-state index in [1.54, 1.807) is 35.6 Å². The SMILES string of the molecule is NS(=O)(=O)Cc1ccc(NC(=O)c2cc3c(s2)CCCC3)cc1. The van der Waals surface area contributed by atoms with Crippen molar-refractivity contribution in [1.82, 2.24) is 0 Å². The molecular weight excluding hydrogens is 332 g/mol. The third-order valence-corrected chi connectivity index (χ3v) is 5.77. The molecule has 1 aliphatic carbocycles. The first kappa shape index (κ1) is 16.2. The van der Waals surface area contributed by atoms with Crippen LogP contribution in [0.5, 0.6) is 0 Å². The number of fused-ring (bicyclic) bond motifs is 1. The van der Waals surface area contributed by atoms with Crippen molar-refractivity contribution >= 4 is 33.0 Å². The van der Waals surface area contributed by atoms with Crippen molar-refractivity contribution in [2.45, 2.75) is 31.4 Å². The first-order valence-corrected chi connectivity index (χ1v) is 9.96. The first-order valence-electron chi connectivity index (χ1n) is 7.43. The van der Waals surface area contributed by atoms with Gasteiger partial charge in [0.2, 0.25) is 10.0 Å². The summed E-state index contributed by atoms with van der Waals surface area (Å²) in [6.07, 6.45) is 4.51. The Morgan fingerprint density at radius 3 is 2.52 bits per heavy atom. The van der Waals surface area contributed by atoms with Crippen LogP contribution in [0.4, 0.5) is 5.69 Å². The number of rotatable bonds is 4. The van der Waals surface area contributed by atoms with E-state index in [4.69, 9.17) is 5.14 Å². The Hall–Kier alpha value is -1.70. The molecule has 0 atom stereocenters. The molecule has 0 spiro atoms. The highest BCUT2D eigenvalue weighted by molar-refractivity contribution is 7.88. The second kappa shape index (κ2) is 6.43. The van der Waals surface area contributed by atoms with E-state index in [2.05, 4.69) is 5.32 Å². The van der Waals surface area contributed by atoms with E-state index in [1.165, 1.54) is 23.3 Å². The normalized spacial score (nSPS) is 14.3. The molecule has 1 aromatic carbocycles. The zero-order chi connectivity index (χ0) is 16.4. The summed E-state index contributed by atoms with van der Waals surface area (Å²) < 4.78 is 22.1. The van der Waals surface area contributed by atoms with Gasteiger partial charge in [-0.15, -0.1) is 11.3 Å². The zero-order valence-corrected chi connectivity index (χ0v) is 14.2. The number of primary sulfonamides is 1. The molecular formula is C16H18N2O3S2. The standard InChI is InChI=1S/C16H18N2O3S2/c17-23(20,21)10-11-5-7-13(8-6-11)18-16(19)15-9-12-3-1-2-4-14(12)22-15/h5-9H,1-4,10H2,(H,18,19)(H2,17,20,21). The van der Waals surface area contributed by atoms with Gasteiger partial charge in [-0.05, 0) is 55.0 Å². The summed E-state index contributed by atoms with van der Waals surface area (Å²) in [6.45, 7) is 0. The van der Waals surface area contributed by atoms with Crippen LogP contribution in [-0.4, -0.2) is 14.3 Å². The maximum atomic E-state index is 12.3. The summed E-state index contributed by atoms with van der Waals surface area (Å²) in [4.78, 5) is 14.4. The van der Waals surface area contributed by atoms with Crippen molar-refractivity contribution in [2.75, 3.05) is 5.32 Å². The Labute approximate surface area is 139 Å². The fraction of sp³-hybridized carbons (Fsp3) is 0.312. The lowest BCUT2D eigenvalue weighted by molar-refractivity contribution is 0.103. The number of aryl methyl sites for hydroxylation is 2. The topological polar surface area (TPSA) is 89.3 Å². The number of hydrogen-bond donors (Lipinski definition) is 2. The van der Waals surface area contributed by atoms with E-state index in [9.17, 15) is 13.2 Å². The van der Waals surface area contributed by atoms with Gasteiger partial charge in [-0.2, -0.15) is 0 Å². The summed E-state index contributed by atoms with van der Waals surface area (Å²) in [5, 5.41) is 7.86. The van der Waals surface area contributed by atoms with E-state index in [0.29, 0.717) is 11.3 Å². The summed E-state index contributed by atoms with van der Waals surface area (Å²) in [7, 11) is -3.54. The Kier molecular flexibility index (Phi) is 4.52. The minimum absolute atomic E-state index is 0.122. The summed E-state index contributed by atoms with van der Waals surface area (Å²) in [5.41, 5.74) is 2.53. The Morgan fingerprint density at radius 1 is 1.17 bits per heavy atom. The molecule has 7 heteroatoms. The van der Waals surface area contributed by atoms with Gasteiger partial charge in [-0.1, -0.05) is 12.1 Å². The van der Waals surface area contributed by atoms with Gasteiger partial charge in [-0.25, -0.2) is 13.6 Å². The van der Waals surface area contributed by atoms with Gasteiger partial charge in [0.1, 0.15) is 0 Å². The van der Waals surface area contributed by atoms with E-state index in [-0.39, 0.29) is 11.7 Å². The van der Waals surface area contributed by atoms with E-state index in [1.807, 2.05) is 6.07 Å². The molecule has 3 N–H and O–H groups in total. The number of sulfonamides is 1.